The van der Waals surface area contributed by atoms with Gasteiger partial charge in [-0.3, -0.25) is 0 Å². The van der Waals surface area contributed by atoms with Crippen LogP contribution in [-0.4, -0.2) is 22.0 Å². The van der Waals surface area contributed by atoms with E-state index in [1.807, 2.05) is 6.92 Å². The second-order valence-corrected chi connectivity index (χ2v) is 3.75. The molecule has 1 aromatic heterocycles. The molecule has 1 heterocycles. The summed E-state index contributed by atoms with van der Waals surface area (Å²) in [6.45, 7) is 1.86. The van der Waals surface area contributed by atoms with Gasteiger partial charge in [-0.15, -0.1) is 0 Å². The number of fused-ring (bicyclic) bond motifs is 1. The summed E-state index contributed by atoms with van der Waals surface area (Å²) >= 11 is 0. The van der Waals surface area contributed by atoms with Gasteiger partial charge >= 0.3 is 5.97 Å². The first kappa shape index (κ1) is 11.0. The first-order valence-electron chi connectivity index (χ1n) is 4.93. The number of carboxylic acid groups (broad SMARTS) is 1. The maximum absolute atomic E-state index is 10.8. The van der Waals surface area contributed by atoms with Gasteiger partial charge in [0.25, 0.3) is 0 Å². The fourth-order valence-electron chi connectivity index (χ4n) is 1.73. The number of aryl methyl sites for hydroxylation is 1. The molecule has 0 bridgehead atoms. The zero-order chi connectivity index (χ0) is 12.6. The van der Waals surface area contributed by atoms with E-state index >= 15 is 0 Å². The molecule has 0 fully saturated rings. The smallest absolute Gasteiger partial charge is 0.352 e. The summed E-state index contributed by atoms with van der Waals surface area (Å²) < 4.78 is 0. The number of nitrogens with zero attached hydrogens (tertiary/aromatic N) is 1. The topological polar surface area (TPSA) is 117 Å². The Balaban J connectivity index is 2.65. The lowest BCUT2D eigenvalue weighted by Crippen LogP contribution is -2.21. The van der Waals surface area contributed by atoms with Gasteiger partial charge in [-0.25, -0.2) is 9.79 Å². The predicted octanol–water partition coefficient (Wildman–Crippen LogP) is 1.08. The van der Waals surface area contributed by atoms with E-state index in [0.29, 0.717) is 5.69 Å². The van der Waals surface area contributed by atoms with E-state index in [2.05, 4.69) is 9.98 Å². The Kier molecular flexibility index (Phi) is 2.47. The van der Waals surface area contributed by atoms with Gasteiger partial charge in [0.15, 0.2) is 5.96 Å². The predicted molar refractivity (Wildman–Crippen MR) is 65.5 cm³/mol. The first-order chi connectivity index (χ1) is 7.97. The molecule has 0 saturated heterocycles. The van der Waals surface area contributed by atoms with Crippen LogP contribution in [0, 0.1) is 6.92 Å². The molecular weight excluding hydrogens is 220 g/mol. The standard InChI is InChI=1S/C11H12N4O2/c1-5-2-7(14-11(12)13)3-6-4-8(10(16)17)15-9(5)6/h2-4,15H,1H3,(H,16,17)(H4,12,13,14). The van der Waals surface area contributed by atoms with Crippen LogP contribution in [0.1, 0.15) is 16.1 Å². The Bertz CT molecular complexity index is 624. The SMILES string of the molecule is Cc1cc(N=C(N)N)cc2cc(C(=O)O)[nH]c12. The maximum atomic E-state index is 10.8. The number of nitrogens with two attached hydrogens (primary N) is 2. The second-order valence-electron chi connectivity index (χ2n) is 3.75. The molecule has 17 heavy (non-hydrogen) atoms. The summed E-state index contributed by atoms with van der Waals surface area (Å²) in [6, 6.07) is 5.06. The van der Waals surface area contributed by atoms with Gasteiger partial charge < -0.3 is 21.6 Å². The van der Waals surface area contributed by atoms with Gasteiger partial charge in [-0.05, 0) is 30.7 Å². The quantitative estimate of drug-likeness (QED) is 0.457. The van der Waals surface area contributed by atoms with Gasteiger partial charge in [0.05, 0.1) is 5.69 Å². The number of rotatable bonds is 2. The number of carbonyl (C=O) groups is 1. The molecule has 0 atom stereocenters. The van der Waals surface area contributed by atoms with Crippen LogP contribution in [-0.2, 0) is 0 Å². The molecule has 0 aliphatic carbocycles. The number of aromatic carboxylic acids is 1. The summed E-state index contributed by atoms with van der Waals surface area (Å²) in [5.74, 6) is -1.03. The summed E-state index contributed by atoms with van der Waals surface area (Å²) in [5, 5.41) is 9.66. The Labute approximate surface area is 96.9 Å². The number of guanidine groups is 1. The Morgan fingerprint density at radius 3 is 2.65 bits per heavy atom. The summed E-state index contributed by atoms with van der Waals surface area (Å²) in [5.41, 5.74) is 13.0. The lowest BCUT2D eigenvalue weighted by Gasteiger charge is -1.99. The lowest BCUT2D eigenvalue weighted by molar-refractivity contribution is 0.0691. The molecule has 0 saturated carbocycles. The first-order valence-corrected chi connectivity index (χ1v) is 4.93. The van der Waals surface area contributed by atoms with Crippen LogP contribution < -0.4 is 11.5 Å². The molecule has 6 heteroatoms. The number of aliphatic imine (C=N–C) groups is 1. The number of hydrogen-bond acceptors (Lipinski definition) is 2. The number of nitrogens with one attached hydrogen (secondary N) is 1. The van der Waals surface area contributed by atoms with Gasteiger partial charge in [0, 0.05) is 10.9 Å². The molecule has 0 aliphatic rings. The number of benzene rings is 1. The largest absolute Gasteiger partial charge is 0.477 e. The molecule has 2 rings (SSSR count). The van der Waals surface area contributed by atoms with Gasteiger partial charge in [-0.1, -0.05) is 0 Å². The third kappa shape index (κ3) is 2.05. The van der Waals surface area contributed by atoms with E-state index in [0.717, 1.165) is 16.5 Å². The van der Waals surface area contributed by atoms with E-state index < -0.39 is 5.97 Å². The van der Waals surface area contributed by atoms with Crippen molar-refractivity contribution in [2.75, 3.05) is 0 Å². The molecular formula is C11H12N4O2. The highest BCUT2D eigenvalue weighted by atomic mass is 16.4. The van der Waals surface area contributed by atoms with Crippen molar-refractivity contribution in [2.45, 2.75) is 6.92 Å². The van der Waals surface area contributed by atoms with Crippen molar-refractivity contribution in [3.63, 3.8) is 0 Å². The number of H-pyrrole nitrogens is 1. The van der Waals surface area contributed by atoms with Crippen LogP contribution in [0.3, 0.4) is 0 Å². The molecule has 0 spiro atoms. The van der Waals surface area contributed by atoms with Gasteiger partial charge in [-0.2, -0.15) is 0 Å². The molecule has 0 radical (unpaired) electrons. The third-order valence-electron chi connectivity index (χ3n) is 2.40. The number of hydrogen-bond donors (Lipinski definition) is 4. The van der Waals surface area contributed by atoms with Crippen molar-refractivity contribution in [2.24, 2.45) is 16.5 Å². The minimum atomic E-state index is -0.996. The zero-order valence-corrected chi connectivity index (χ0v) is 9.19. The average Bonchev–Trinajstić information content (AvgIpc) is 2.60. The molecule has 0 aliphatic heterocycles. The Morgan fingerprint density at radius 1 is 1.35 bits per heavy atom. The molecule has 1 aromatic carbocycles. The van der Waals surface area contributed by atoms with E-state index in [9.17, 15) is 4.79 Å². The third-order valence-corrected chi connectivity index (χ3v) is 2.40. The molecule has 88 valence electrons. The summed E-state index contributed by atoms with van der Waals surface area (Å²) in [6.07, 6.45) is 0. The number of aromatic amines is 1. The highest BCUT2D eigenvalue weighted by molar-refractivity contribution is 5.96. The summed E-state index contributed by atoms with van der Waals surface area (Å²) in [7, 11) is 0. The monoisotopic (exact) mass is 232 g/mol. The molecule has 6 N–H and O–H groups in total. The van der Waals surface area contributed by atoms with Crippen molar-refractivity contribution in [3.8, 4) is 0 Å². The van der Waals surface area contributed by atoms with E-state index in [4.69, 9.17) is 16.6 Å². The highest BCUT2D eigenvalue weighted by Gasteiger charge is 2.09. The summed E-state index contributed by atoms with van der Waals surface area (Å²) in [4.78, 5) is 17.6. The van der Waals surface area contributed by atoms with Crippen LogP contribution in [0.4, 0.5) is 5.69 Å². The van der Waals surface area contributed by atoms with E-state index in [1.54, 1.807) is 18.2 Å². The average molecular weight is 232 g/mol. The number of aromatic nitrogens is 1. The molecule has 0 amide bonds. The minimum Gasteiger partial charge on any atom is -0.477 e. The van der Waals surface area contributed by atoms with Crippen LogP contribution in [0.2, 0.25) is 0 Å². The van der Waals surface area contributed by atoms with Crippen molar-refractivity contribution in [1.29, 1.82) is 0 Å². The van der Waals surface area contributed by atoms with Crippen molar-refractivity contribution >= 4 is 28.5 Å². The van der Waals surface area contributed by atoms with Gasteiger partial charge in [0.1, 0.15) is 5.69 Å². The fourth-order valence-corrected chi connectivity index (χ4v) is 1.73. The van der Waals surface area contributed by atoms with Crippen molar-refractivity contribution in [1.82, 2.24) is 4.98 Å². The normalized spacial score (nSPS) is 10.4. The highest BCUT2D eigenvalue weighted by Crippen LogP contribution is 2.25. The maximum Gasteiger partial charge on any atom is 0.352 e. The number of carboxylic acids is 1. The Morgan fingerprint density at radius 2 is 2.06 bits per heavy atom. The van der Waals surface area contributed by atoms with E-state index in [-0.39, 0.29) is 11.7 Å². The second kappa shape index (κ2) is 3.82. The van der Waals surface area contributed by atoms with Crippen LogP contribution in [0.5, 0.6) is 0 Å². The minimum absolute atomic E-state index is 0.0299. The molecule has 6 nitrogen and oxygen atoms in total. The van der Waals surface area contributed by atoms with Crippen LogP contribution in [0.15, 0.2) is 23.2 Å². The van der Waals surface area contributed by atoms with Gasteiger partial charge in [0.2, 0.25) is 0 Å². The lowest BCUT2D eigenvalue weighted by atomic mass is 10.1. The Hall–Kier alpha value is -2.50. The van der Waals surface area contributed by atoms with E-state index in [1.165, 1.54) is 0 Å². The van der Waals surface area contributed by atoms with Crippen LogP contribution in [0.25, 0.3) is 10.9 Å². The van der Waals surface area contributed by atoms with Crippen molar-refractivity contribution < 1.29 is 9.90 Å². The molecule has 0 unspecified atom stereocenters. The van der Waals surface area contributed by atoms with Crippen molar-refractivity contribution in [3.05, 3.63) is 29.5 Å². The van der Waals surface area contributed by atoms with Crippen LogP contribution >= 0.6 is 0 Å². The molecule has 2 aromatic rings. The fraction of sp³-hybridized carbons (Fsp3) is 0.0909. The zero-order valence-electron chi connectivity index (χ0n) is 9.19.